The normalized spacial score (nSPS) is 26.8. The van der Waals surface area contributed by atoms with E-state index in [9.17, 15) is 5.11 Å². The van der Waals surface area contributed by atoms with Crippen LogP contribution in [0.2, 0.25) is 0 Å². The highest BCUT2D eigenvalue weighted by Gasteiger charge is 2.34. The molecule has 0 aliphatic heterocycles. The minimum Gasteiger partial charge on any atom is -0.389 e. The van der Waals surface area contributed by atoms with Crippen molar-refractivity contribution in [2.45, 2.75) is 43.8 Å². The third kappa shape index (κ3) is 2.84. The second-order valence-electron chi connectivity index (χ2n) is 5.85. The molecule has 2 aromatic rings. The maximum Gasteiger partial charge on any atom is 0.0727 e. The molecule has 3 nitrogen and oxygen atoms in total. The summed E-state index contributed by atoms with van der Waals surface area (Å²) in [5.41, 5.74) is 1.28. The highest BCUT2D eigenvalue weighted by Crippen LogP contribution is 2.32. The first-order valence-electron chi connectivity index (χ1n) is 7.28. The van der Waals surface area contributed by atoms with Gasteiger partial charge in [0.2, 0.25) is 0 Å². The molecule has 1 heterocycles. The Bertz CT molecular complexity index is 598. The average Bonchev–Trinajstić information content (AvgIpc) is 2.46. The number of methoxy groups -OCH3 is 1. The van der Waals surface area contributed by atoms with Gasteiger partial charge in [-0.05, 0) is 31.4 Å². The van der Waals surface area contributed by atoms with E-state index in [1.54, 1.807) is 7.11 Å². The molecule has 0 bridgehead atoms. The van der Waals surface area contributed by atoms with Gasteiger partial charge in [-0.25, -0.2) is 0 Å². The molecule has 0 saturated heterocycles. The van der Waals surface area contributed by atoms with Crippen LogP contribution in [0.25, 0.3) is 10.9 Å². The lowest BCUT2D eigenvalue weighted by Crippen LogP contribution is -2.40. The van der Waals surface area contributed by atoms with E-state index in [0.717, 1.165) is 35.9 Å². The molecule has 1 fully saturated rings. The molecule has 2 unspecified atom stereocenters. The van der Waals surface area contributed by atoms with Gasteiger partial charge < -0.3 is 9.84 Å². The second-order valence-corrected chi connectivity index (χ2v) is 5.85. The molecule has 20 heavy (non-hydrogen) atoms. The third-order valence-corrected chi connectivity index (χ3v) is 4.28. The maximum absolute atomic E-state index is 10.8. The lowest BCUT2D eigenvalue weighted by molar-refractivity contribution is -0.0585. The molecule has 0 spiro atoms. The SMILES string of the molecule is COC1CCCC(O)(Cc2ccc3ccccc3n2)C1. The number of aliphatic hydroxyl groups is 1. The van der Waals surface area contributed by atoms with Crippen molar-refractivity contribution in [3.63, 3.8) is 0 Å². The Morgan fingerprint density at radius 2 is 2.15 bits per heavy atom. The van der Waals surface area contributed by atoms with Crippen LogP contribution < -0.4 is 0 Å². The van der Waals surface area contributed by atoms with Crippen molar-refractivity contribution in [2.24, 2.45) is 0 Å². The van der Waals surface area contributed by atoms with Crippen LogP contribution >= 0.6 is 0 Å². The number of hydrogen-bond donors (Lipinski definition) is 1. The van der Waals surface area contributed by atoms with Crippen LogP contribution in [0, 0.1) is 0 Å². The molecular formula is C17H21NO2. The number of fused-ring (bicyclic) bond motifs is 1. The van der Waals surface area contributed by atoms with Crippen molar-refractivity contribution in [1.29, 1.82) is 0 Å². The van der Waals surface area contributed by atoms with Crippen molar-refractivity contribution < 1.29 is 9.84 Å². The summed E-state index contributed by atoms with van der Waals surface area (Å²) in [6, 6.07) is 12.2. The van der Waals surface area contributed by atoms with Gasteiger partial charge in [0.15, 0.2) is 0 Å². The van der Waals surface area contributed by atoms with E-state index in [2.05, 4.69) is 17.1 Å². The van der Waals surface area contributed by atoms with Crippen LogP contribution in [0.1, 0.15) is 31.4 Å². The van der Waals surface area contributed by atoms with Crippen molar-refractivity contribution in [1.82, 2.24) is 4.98 Å². The average molecular weight is 271 g/mol. The monoisotopic (exact) mass is 271 g/mol. The first kappa shape index (κ1) is 13.5. The Labute approximate surface area is 119 Å². The molecule has 1 aromatic carbocycles. The molecule has 0 amide bonds. The minimum absolute atomic E-state index is 0.175. The molecule has 0 radical (unpaired) electrons. The van der Waals surface area contributed by atoms with Crippen molar-refractivity contribution in [2.75, 3.05) is 7.11 Å². The van der Waals surface area contributed by atoms with Gasteiger partial charge in [0, 0.05) is 31.0 Å². The van der Waals surface area contributed by atoms with E-state index >= 15 is 0 Å². The summed E-state index contributed by atoms with van der Waals surface area (Å²) in [6.07, 6.45) is 4.39. The fraction of sp³-hybridized carbons (Fsp3) is 0.471. The lowest BCUT2D eigenvalue weighted by atomic mass is 9.80. The quantitative estimate of drug-likeness (QED) is 0.932. The zero-order chi connectivity index (χ0) is 14.0. The van der Waals surface area contributed by atoms with Crippen molar-refractivity contribution >= 4 is 10.9 Å². The van der Waals surface area contributed by atoms with E-state index in [1.165, 1.54) is 0 Å². The van der Waals surface area contributed by atoms with Gasteiger partial charge >= 0.3 is 0 Å². The topological polar surface area (TPSA) is 42.4 Å². The smallest absolute Gasteiger partial charge is 0.0727 e. The number of ether oxygens (including phenoxy) is 1. The molecule has 1 N–H and O–H groups in total. The molecule has 106 valence electrons. The van der Waals surface area contributed by atoms with E-state index < -0.39 is 5.60 Å². The number of nitrogens with zero attached hydrogens (tertiary/aromatic N) is 1. The van der Waals surface area contributed by atoms with Gasteiger partial charge in [0.05, 0.1) is 17.2 Å². The number of pyridine rings is 1. The fourth-order valence-electron chi connectivity index (χ4n) is 3.19. The summed E-state index contributed by atoms with van der Waals surface area (Å²) >= 11 is 0. The summed E-state index contributed by atoms with van der Waals surface area (Å²) in [5, 5.41) is 11.9. The summed E-state index contributed by atoms with van der Waals surface area (Å²) in [6.45, 7) is 0. The van der Waals surface area contributed by atoms with Gasteiger partial charge in [-0.1, -0.05) is 24.3 Å². The van der Waals surface area contributed by atoms with Crippen molar-refractivity contribution in [3.05, 3.63) is 42.1 Å². The molecule has 1 aromatic heterocycles. The zero-order valence-corrected chi connectivity index (χ0v) is 11.9. The lowest BCUT2D eigenvalue weighted by Gasteiger charge is -2.36. The largest absolute Gasteiger partial charge is 0.389 e. The molecule has 1 aliphatic carbocycles. The van der Waals surface area contributed by atoms with Crippen LogP contribution in [0.15, 0.2) is 36.4 Å². The second kappa shape index (κ2) is 5.51. The minimum atomic E-state index is -0.672. The Kier molecular flexibility index (Phi) is 3.72. The molecule has 1 aliphatic rings. The van der Waals surface area contributed by atoms with E-state index in [4.69, 9.17) is 4.74 Å². The number of hydrogen-bond acceptors (Lipinski definition) is 3. The van der Waals surface area contributed by atoms with Gasteiger partial charge in [-0.15, -0.1) is 0 Å². The van der Waals surface area contributed by atoms with Gasteiger partial charge in [0.25, 0.3) is 0 Å². The van der Waals surface area contributed by atoms with Crippen LogP contribution in [-0.2, 0) is 11.2 Å². The van der Waals surface area contributed by atoms with Crippen LogP contribution in [-0.4, -0.2) is 28.9 Å². The summed E-state index contributed by atoms with van der Waals surface area (Å²) in [7, 11) is 1.73. The highest BCUT2D eigenvalue weighted by molar-refractivity contribution is 5.78. The molecule has 1 saturated carbocycles. The first-order chi connectivity index (χ1) is 9.68. The molecule has 2 atom stereocenters. The van der Waals surface area contributed by atoms with Crippen LogP contribution in [0.3, 0.4) is 0 Å². The van der Waals surface area contributed by atoms with Gasteiger partial charge in [-0.3, -0.25) is 4.98 Å². The van der Waals surface area contributed by atoms with E-state index in [0.29, 0.717) is 12.8 Å². The standard InChI is InChI=1S/C17H21NO2/c1-20-15-6-4-10-17(19,12-15)11-14-9-8-13-5-2-3-7-16(13)18-14/h2-3,5,7-9,15,19H,4,6,10-12H2,1H3. The number of rotatable bonds is 3. The Morgan fingerprint density at radius 1 is 1.30 bits per heavy atom. The van der Waals surface area contributed by atoms with Gasteiger partial charge in [-0.2, -0.15) is 0 Å². The number of para-hydroxylation sites is 1. The van der Waals surface area contributed by atoms with Crippen LogP contribution in [0.5, 0.6) is 0 Å². The van der Waals surface area contributed by atoms with Crippen molar-refractivity contribution in [3.8, 4) is 0 Å². The van der Waals surface area contributed by atoms with Gasteiger partial charge in [0.1, 0.15) is 0 Å². The third-order valence-electron chi connectivity index (χ3n) is 4.28. The summed E-state index contributed by atoms with van der Waals surface area (Å²) in [4.78, 5) is 4.66. The zero-order valence-electron chi connectivity index (χ0n) is 11.9. The predicted octanol–water partition coefficient (Wildman–Crippen LogP) is 3.10. The summed E-state index contributed by atoms with van der Waals surface area (Å²) < 4.78 is 5.41. The van der Waals surface area contributed by atoms with E-state index in [-0.39, 0.29) is 6.10 Å². The number of aromatic nitrogens is 1. The maximum atomic E-state index is 10.8. The predicted molar refractivity (Wildman–Crippen MR) is 79.7 cm³/mol. The first-order valence-corrected chi connectivity index (χ1v) is 7.28. The Morgan fingerprint density at radius 3 is 3.00 bits per heavy atom. The van der Waals surface area contributed by atoms with Crippen LogP contribution in [0.4, 0.5) is 0 Å². The van der Waals surface area contributed by atoms with E-state index in [1.807, 2.05) is 24.3 Å². The molecular weight excluding hydrogens is 250 g/mol. The number of benzene rings is 1. The molecule has 3 rings (SSSR count). The summed E-state index contributed by atoms with van der Waals surface area (Å²) in [5.74, 6) is 0. The Balaban J connectivity index is 1.81. The highest BCUT2D eigenvalue weighted by atomic mass is 16.5. The Hall–Kier alpha value is -1.45. The molecule has 3 heteroatoms. The fourth-order valence-corrected chi connectivity index (χ4v) is 3.19.